The zero-order valence-electron chi connectivity index (χ0n) is 8.34. The Morgan fingerprint density at radius 2 is 1.75 bits per heavy atom. The van der Waals surface area contributed by atoms with Gasteiger partial charge in [-0.1, -0.05) is 13.8 Å². The van der Waals surface area contributed by atoms with Crippen LogP contribution >= 0.6 is 11.8 Å². The number of nitrogens with zero attached hydrogens (tertiary/aromatic N) is 1. The van der Waals surface area contributed by atoms with Crippen molar-refractivity contribution < 1.29 is 0 Å². The van der Waals surface area contributed by atoms with E-state index in [0.717, 1.165) is 18.3 Å². The highest BCUT2D eigenvalue weighted by Crippen LogP contribution is 2.20. The highest BCUT2D eigenvalue weighted by molar-refractivity contribution is 8.00. The summed E-state index contributed by atoms with van der Waals surface area (Å²) in [6.07, 6.45) is 0. The topological polar surface area (TPSA) is 15.3 Å². The van der Waals surface area contributed by atoms with Gasteiger partial charge in [0, 0.05) is 31.4 Å². The van der Waals surface area contributed by atoms with Crippen LogP contribution in [0.4, 0.5) is 0 Å². The number of rotatable bonds is 3. The molecule has 1 aliphatic heterocycles. The van der Waals surface area contributed by atoms with Gasteiger partial charge in [0.05, 0.1) is 5.37 Å². The van der Waals surface area contributed by atoms with Crippen LogP contribution in [0.25, 0.3) is 0 Å². The van der Waals surface area contributed by atoms with Crippen LogP contribution in [0.5, 0.6) is 0 Å². The van der Waals surface area contributed by atoms with Crippen molar-refractivity contribution in [3.05, 3.63) is 0 Å². The first-order valence-electron chi connectivity index (χ1n) is 4.80. The number of piperazine rings is 1. The second-order valence-electron chi connectivity index (χ2n) is 3.57. The largest absolute Gasteiger partial charge is 0.314 e. The van der Waals surface area contributed by atoms with E-state index in [1.807, 2.05) is 0 Å². The predicted octanol–water partition coefficient (Wildman–Crippen LogP) is 1.38. The van der Waals surface area contributed by atoms with Crippen LogP contribution in [-0.4, -0.2) is 41.7 Å². The lowest BCUT2D eigenvalue weighted by Crippen LogP contribution is -2.46. The lowest BCUT2D eigenvalue weighted by Gasteiger charge is -2.33. The van der Waals surface area contributed by atoms with Crippen molar-refractivity contribution >= 4 is 11.8 Å². The zero-order valence-corrected chi connectivity index (χ0v) is 9.16. The molecule has 1 fully saturated rings. The van der Waals surface area contributed by atoms with E-state index in [1.165, 1.54) is 13.1 Å². The number of thioether (sulfide) groups is 1. The minimum absolute atomic E-state index is 0.687. The van der Waals surface area contributed by atoms with Crippen molar-refractivity contribution in [2.45, 2.75) is 31.4 Å². The maximum atomic E-state index is 3.37. The molecule has 72 valence electrons. The first kappa shape index (κ1) is 10.4. The average Bonchev–Trinajstić information content (AvgIpc) is 2.05. The van der Waals surface area contributed by atoms with Crippen molar-refractivity contribution in [2.24, 2.45) is 0 Å². The molecule has 1 heterocycles. The molecule has 2 nitrogen and oxygen atoms in total. The minimum Gasteiger partial charge on any atom is -0.314 e. The predicted molar refractivity (Wildman–Crippen MR) is 56.6 cm³/mol. The molecule has 1 atom stereocenters. The monoisotopic (exact) mass is 188 g/mol. The van der Waals surface area contributed by atoms with E-state index in [0.29, 0.717) is 5.37 Å². The Kier molecular flexibility index (Phi) is 4.40. The Bertz CT molecular complexity index is 122. The molecule has 0 bridgehead atoms. The van der Waals surface area contributed by atoms with Crippen LogP contribution < -0.4 is 5.32 Å². The van der Waals surface area contributed by atoms with Gasteiger partial charge in [0.2, 0.25) is 0 Å². The van der Waals surface area contributed by atoms with E-state index in [2.05, 4.69) is 42.7 Å². The average molecular weight is 188 g/mol. The molecule has 0 aromatic heterocycles. The zero-order chi connectivity index (χ0) is 8.97. The SMILES string of the molecule is CC(C)SC(C)N1CCNCC1. The van der Waals surface area contributed by atoms with Gasteiger partial charge in [-0.3, -0.25) is 4.90 Å². The first-order valence-corrected chi connectivity index (χ1v) is 5.74. The van der Waals surface area contributed by atoms with Crippen molar-refractivity contribution in [3.8, 4) is 0 Å². The van der Waals surface area contributed by atoms with E-state index in [-0.39, 0.29) is 0 Å². The standard InChI is InChI=1S/C9H20N2S/c1-8(2)12-9(3)11-6-4-10-5-7-11/h8-10H,4-7H2,1-3H3. The fourth-order valence-electron chi connectivity index (χ4n) is 1.53. The van der Waals surface area contributed by atoms with Crippen LogP contribution in [-0.2, 0) is 0 Å². The number of nitrogens with one attached hydrogen (secondary N) is 1. The van der Waals surface area contributed by atoms with Gasteiger partial charge in [-0.2, -0.15) is 0 Å². The van der Waals surface area contributed by atoms with Gasteiger partial charge in [0.1, 0.15) is 0 Å². The van der Waals surface area contributed by atoms with Crippen LogP contribution in [0.2, 0.25) is 0 Å². The summed E-state index contributed by atoms with van der Waals surface area (Å²) in [4.78, 5) is 2.56. The lowest BCUT2D eigenvalue weighted by atomic mass is 10.4. The Morgan fingerprint density at radius 3 is 2.25 bits per heavy atom. The normalized spacial score (nSPS) is 23.0. The molecule has 0 radical (unpaired) electrons. The van der Waals surface area contributed by atoms with Gasteiger partial charge in [-0.05, 0) is 6.92 Å². The van der Waals surface area contributed by atoms with Crippen molar-refractivity contribution in [1.29, 1.82) is 0 Å². The summed E-state index contributed by atoms with van der Waals surface area (Å²) in [7, 11) is 0. The molecular weight excluding hydrogens is 168 g/mol. The molecular formula is C9H20N2S. The van der Waals surface area contributed by atoms with E-state index in [9.17, 15) is 0 Å². The number of hydrogen-bond acceptors (Lipinski definition) is 3. The lowest BCUT2D eigenvalue weighted by molar-refractivity contribution is 0.234. The Balaban J connectivity index is 2.24. The van der Waals surface area contributed by atoms with E-state index in [1.54, 1.807) is 0 Å². The minimum atomic E-state index is 0.687. The summed E-state index contributed by atoms with van der Waals surface area (Å²) < 4.78 is 0. The van der Waals surface area contributed by atoms with Gasteiger partial charge < -0.3 is 5.32 Å². The van der Waals surface area contributed by atoms with E-state index >= 15 is 0 Å². The summed E-state index contributed by atoms with van der Waals surface area (Å²) in [6.45, 7) is 11.6. The van der Waals surface area contributed by atoms with Crippen LogP contribution in [0.3, 0.4) is 0 Å². The molecule has 0 amide bonds. The fraction of sp³-hybridized carbons (Fsp3) is 1.00. The third kappa shape index (κ3) is 3.33. The smallest absolute Gasteiger partial charge is 0.0532 e. The van der Waals surface area contributed by atoms with Crippen molar-refractivity contribution in [1.82, 2.24) is 10.2 Å². The second-order valence-corrected chi connectivity index (χ2v) is 5.47. The van der Waals surface area contributed by atoms with E-state index in [4.69, 9.17) is 0 Å². The summed E-state index contributed by atoms with van der Waals surface area (Å²) in [6, 6.07) is 0. The molecule has 1 rings (SSSR count). The third-order valence-corrected chi connectivity index (χ3v) is 3.37. The van der Waals surface area contributed by atoms with Crippen molar-refractivity contribution in [3.63, 3.8) is 0 Å². The molecule has 1 aliphatic rings. The summed E-state index contributed by atoms with van der Waals surface area (Å²) in [5.74, 6) is 0. The van der Waals surface area contributed by atoms with Gasteiger partial charge in [0.15, 0.2) is 0 Å². The summed E-state index contributed by atoms with van der Waals surface area (Å²) >= 11 is 2.06. The Morgan fingerprint density at radius 1 is 1.17 bits per heavy atom. The molecule has 12 heavy (non-hydrogen) atoms. The van der Waals surface area contributed by atoms with Crippen LogP contribution in [0.1, 0.15) is 20.8 Å². The molecule has 0 saturated carbocycles. The van der Waals surface area contributed by atoms with Gasteiger partial charge >= 0.3 is 0 Å². The molecule has 1 N–H and O–H groups in total. The second kappa shape index (κ2) is 5.10. The Hall–Kier alpha value is 0.270. The summed E-state index contributed by atoms with van der Waals surface area (Å²) in [5.41, 5.74) is 0. The van der Waals surface area contributed by atoms with Gasteiger partial charge in [-0.15, -0.1) is 11.8 Å². The maximum Gasteiger partial charge on any atom is 0.0532 e. The number of hydrogen-bond donors (Lipinski definition) is 1. The van der Waals surface area contributed by atoms with E-state index < -0.39 is 0 Å². The van der Waals surface area contributed by atoms with Crippen LogP contribution in [0, 0.1) is 0 Å². The van der Waals surface area contributed by atoms with Gasteiger partial charge in [-0.25, -0.2) is 0 Å². The molecule has 1 saturated heterocycles. The summed E-state index contributed by atoms with van der Waals surface area (Å²) in [5, 5.41) is 4.80. The maximum absolute atomic E-state index is 3.37. The van der Waals surface area contributed by atoms with Crippen molar-refractivity contribution in [2.75, 3.05) is 26.2 Å². The molecule has 0 aliphatic carbocycles. The molecule has 0 aromatic carbocycles. The quantitative estimate of drug-likeness (QED) is 0.720. The van der Waals surface area contributed by atoms with Gasteiger partial charge in [0.25, 0.3) is 0 Å². The molecule has 0 aromatic rings. The molecule has 0 spiro atoms. The van der Waals surface area contributed by atoms with Crippen LogP contribution in [0.15, 0.2) is 0 Å². The highest BCUT2D eigenvalue weighted by Gasteiger charge is 2.16. The fourth-order valence-corrected chi connectivity index (χ4v) is 2.70. The highest BCUT2D eigenvalue weighted by atomic mass is 32.2. The molecule has 1 unspecified atom stereocenters. The Labute approximate surface area is 80.1 Å². The molecule has 3 heteroatoms. The third-order valence-electron chi connectivity index (χ3n) is 2.13. The first-order chi connectivity index (χ1) is 5.70.